The zero-order valence-corrected chi connectivity index (χ0v) is 16.6. The van der Waals surface area contributed by atoms with Crippen LogP contribution in [0.4, 0.5) is 4.39 Å². The minimum atomic E-state index is -0.427. The number of guanidine groups is 1. The van der Waals surface area contributed by atoms with Gasteiger partial charge >= 0.3 is 0 Å². The minimum absolute atomic E-state index is 0.164. The van der Waals surface area contributed by atoms with Gasteiger partial charge in [-0.15, -0.1) is 0 Å². The van der Waals surface area contributed by atoms with Crippen LogP contribution in [0.1, 0.15) is 18.4 Å². The molecule has 1 saturated heterocycles. The van der Waals surface area contributed by atoms with E-state index in [0.29, 0.717) is 31.5 Å². The molecule has 2 heterocycles. The fraction of sp³-hybridized carbons (Fsp3) is 0.429. The number of aliphatic imine (C=N–C) groups is 1. The highest BCUT2D eigenvalue weighted by Crippen LogP contribution is 2.24. The van der Waals surface area contributed by atoms with Crippen molar-refractivity contribution in [2.24, 2.45) is 4.99 Å². The Kier molecular flexibility index (Phi) is 8.21. The first kappa shape index (κ1) is 21.0. The van der Waals surface area contributed by atoms with Crippen molar-refractivity contribution in [3.8, 4) is 11.5 Å². The van der Waals surface area contributed by atoms with Gasteiger partial charge < -0.3 is 24.8 Å². The third-order valence-corrected chi connectivity index (χ3v) is 4.40. The monoisotopic (exact) mass is 402 g/mol. The molecular formula is C21H27FN4O3. The maximum atomic E-state index is 14.3. The van der Waals surface area contributed by atoms with Crippen LogP contribution in [0.5, 0.6) is 11.5 Å². The molecule has 1 aliphatic rings. The predicted octanol–water partition coefficient (Wildman–Crippen LogP) is 2.87. The van der Waals surface area contributed by atoms with Crippen molar-refractivity contribution in [1.29, 1.82) is 0 Å². The molecule has 1 unspecified atom stereocenters. The van der Waals surface area contributed by atoms with Crippen LogP contribution >= 0.6 is 0 Å². The Bertz CT molecular complexity index is 783. The second-order valence-corrected chi connectivity index (χ2v) is 6.62. The highest BCUT2D eigenvalue weighted by atomic mass is 19.1. The van der Waals surface area contributed by atoms with Crippen LogP contribution < -0.4 is 15.4 Å². The molecule has 3 rings (SSSR count). The predicted molar refractivity (Wildman–Crippen MR) is 109 cm³/mol. The SMILES string of the molecule is CN=C(NCCCOC1CCOC1)NCc1ccc(Oc2cccnc2)c(F)c1. The molecule has 1 aliphatic heterocycles. The summed E-state index contributed by atoms with van der Waals surface area (Å²) in [5.41, 5.74) is 0.786. The van der Waals surface area contributed by atoms with Crippen molar-refractivity contribution in [1.82, 2.24) is 15.6 Å². The van der Waals surface area contributed by atoms with E-state index in [9.17, 15) is 4.39 Å². The summed E-state index contributed by atoms with van der Waals surface area (Å²) >= 11 is 0. The largest absolute Gasteiger partial charge is 0.453 e. The third-order valence-electron chi connectivity index (χ3n) is 4.40. The molecule has 0 bridgehead atoms. The lowest BCUT2D eigenvalue weighted by molar-refractivity contribution is 0.0420. The number of hydrogen-bond acceptors (Lipinski definition) is 5. The van der Waals surface area contributed by atoms with Crippen molar-refractivity contribution >= 4 is 5.96 Å². The normalized spacial score (nSPS) is 16.6. The number of pyridine rings is 1. The molecular weight excluding hydrogens is 375 g/mol. The van der Waals surface area contributed by atoms with E-state index in [1.165, 1.54) is 12.3 Å². The summed E-state index contributed by atoms with van der Waals surface area (Å²) in [4.78, 5) is 8.13. The van der Waals surface area contributed by atoms with Crippen molar-refractivity contribution < 1.29 is 18.6 Å². The first-order valence-electron chi connectivity index (χ1n) is 9.75. The summed E-state index contributed by atoms with van der Waals surface area (Å²) in [5, 5.41) is 6.40. The van der Waals surface area contributed by atoms with Crippen molar-refractivity contribution in [3.63, 3.8) is 0 Å². The Morgan fingerprint density at radius 2 is 2.28 bits per heavy atom. The van der Waals surface area contributed by atoms with Gasteiger partial charge in [-0.2, -0.15) is 0 Å². The summed E-state index contributed by atoms with van der Waals surface area (Å²) in [5.74, 6) is 0.887. The lowest BCUT2D eigenvalue weighted by atomic mass is 10.2. The minimum Gasteiger partial charge on any atom is -0.453 e. The Morgan fingerprint density at radius 1 is 1.34 bits per heavy atom. The van der Waals surface area contributed by atoms with E-state index < -0.39 is 5.82 Å². The number of nitrogens with one attached hydrogen (secondary N) is 2. The summed E-state index contributed by atoms with van der Waals surface area (Å²) in [6.45, 7) is 3.34. The molecule has 1 aromatic heterocycles. The number of nitrogens with zero attached hydrogens (tertiary/aromatic N) is 2. The van der Waals surface area contributed by atoms with Crippen LogP contribution in [0.15, 0.2) is 47.7 Å². The molecule has 0 spiro atoms. The maximum absolute atomic E-state index is 14.3. The maximum Gasteiger partial charge on any atom is 0.191 e. The molecule has 0 aliphatic carbocycles. The average Bonchev–Trinajstić information content (AvgIpc) is 3.26. The topological polar surface area (TPSA) is 77.0 Å². The molecule has 0 radical (unpaired) electrons. The van der Waals surface area contributed by atoms with Gasteiger partial charge in [-0.1, -0.05) is 6.07 Å². The standard InChI is InChI=1S/C21H27FN4O3/c1-23-21(25-9-3-10-28-18-7-11-27-15-18)26-13-16-5-6-20(19(22)12-16)29-17-4-2-8-24-14-17/h2,4-6,8,12,14,18H,3,7,9-11,13,15H2,1H3,(H2,23,25,26). The summed E-state index contributed by atoms with van der Waals surface area (Å²) in [6, 6.07) is 8.33. The van der Waals surface area contributed by atoms with E-state index in [4.69, 9.17) is 14.2 Å². The summed E-state index contributed by atoms with van der Waals surface area (Å²) in [7, 11) is 1.70. The van der Waals surface area contributed by atoms with Crippen molar-refractivity contribution in [2.45, 2.75) is 25.5 Å². The Balaban J connectivity index is 1.39. The van der Waals surface area contributed by atoms with Gasteiger partial charge in [0.25, 0.3) is 0 Å². The Hall–Kier alpha value is -2.71. The molecule has 0 amide bonds. The zero-order chi connectivity index (χ0) is 20.3. The Morgan fingerprint density at radius 3 is 3.00 bits per heavy atom. The molecule has 156 valence electrons. The molecule has 0 saturated carbocycles. The third kappa shape index (κ3) is 6.99. The zero-order valence-electron chi connectivity index (χ0n) is 16.6. The second kappa shape index (κ2) is 11.3. The molecule has 1 atom stereocenters. The number of aromatic nitrogens is 1. The van der Waals surface area contributed by atoms with Gasteiger partial charge in [0.05, 0.1) is 18.9 Å². The molecule has 8 heteroatoms. The molecule has 2 aromatic rings. The lowest BCUT2D eigenvalue weighted by Crippen LogP contribution is -2.37. The van der Waals surface area contributed by atoms with Gasteiger partial charge in [-0.25, -0.2) is 4.39 Å². The number of ether oxygens (including phenoxy) is 3. The number of halogens is 1. The summed E-state index contributed by atoms with van der Waals surface area (Å²) in [6.07, 6.45) is 5.24. The number of hydrogen-bond donors (Lipinski definition) is 2. The van der Waals surface area contributed by atoms with E-state index in [-0.39, 0.29) is 11.9 Å². The smallest absolute Gasteiger partial charge is 0.191 e. The van der Waals surface area contributed by atoms with Crippen molar-refractivity contribution in [2.75, 3.05) is 33.4 Å². The van der Waals surface area contributed by atoms with E-state index in [1.54, 1.807) is 31.4 Å². The van der Waals surface area contributed by atoms with E-state index in [0.717, 1.165) is 31.6 Å². The van der Waals surface area contributed by atoms with Crippen LogP contribution in [0.2, 0.25) is 0 Å². The van der Waals surface area contributed by atoms with Gasteiger partial charge in [0.2, 0.25) is 0 Å². The van der Waals surface area contributed by atoms with E-state index in [1.807, 2.05) is 6.07 Å². The van der Waals surface area contributed by atoms with Gasteiger partial charge in [0.15, 0.2) is 17.5 Å². The molecule has 2 N–H and O–H groups in total. The summed E-state index contributed by atoms with van der Waals surface area (Å²) < 4.78 is 30.8. The van der Waals surface area contributed by atoms with Gasteiger partial charge in [0, 0.05) is 39.5 Å². The Labute approximate surface area is 170 Å². The number of benzene rings is 1. The molecule has 1 aromatic carbocycles. The van der Waals surface area contributed by atoms with Crippen LogP contribution in [0.3, 0.4) is 0 Å². The first-order valence-corrected chi connectivity index (χ1v) is 9.75. The van der Waals surface area contributed by atoms with Crippen LogP contribution in [0, 0.1) is 5.82 Å². The van der Waals surface area contributed by atoms with E-state index in [2.05, 4.69) is 20.6 Å². The van der Waals surface area contributed by atoms with E-state index >= 15 is 0 Å². The highest BCUT2D eigenvalue weighted by Gasteiger charge is 2.15. The van der Waals surface area contributed by atoms with Gasteiger partial charge in [0.1, 0.15) is 5.75 Å². The van der Waals surface area contributed by atoms with Crippen LogP contribution in [0.25, 0.3) is 0 Å². The molecule has 29 heavy (non-hydrogen) atoms. The fourth-order valence-corrected chi connectivity index (χ4v) is 2.85. The molecule has 7 nitrogen and oxygen atoms in total. The quantitative estimate of drug-likeness (QED) is 0.382. The number of rotatable bonds is 9. The van der Waals surface area contributed by atoms with Crippen LogP contribution in [-0.2, 0) is 16.0 Å². The van der Waals surface area contributed by atoms with Crippen LogP contribution in [-0.4, -0.2) is 50.5 Å². The second-order valence-electron chi connectivity index (χ2n) is 6.62. The van der Waals surface area contributed by atoms with Crippen molar-refractivity contribution in [3.05, 3.63) is 54.1 Å². The lowest BCUT2D eigenvalue weighted by Gasteiger charge is -2.14. The van der Waals surface area contributed by atoms with Gasteiger partial charge in [-0.3, -0.25) is 9.98 Å². The highest BCUT2D eigenvalue weighted by molar-refractivity contribution is 5.79. The first-order chi connectivity index (χ1) is 14.2. The molecule has 1 fully saturated rings. The van der Waals surface area contributed by atoms with Gasteiger partial charge in [-0.05, 0) is 42.7 Å². The average molecular weight is 402 g/mol. The fourth-order valence-electron chi connectivity index (χ4n) is 2.85.